The molecule has 6 nitrogen and oxygen atoms in total. The fourth-order valence-electron chi connectivity index (χ4n) is 2.33. The Balaban J connectivity index is 1.65. The Kier molecular flexibility index (Phi) is 6.61. The third-order valence-electron chi connectivity index (χ3n) is 3.62. The number of halogens is 1. The number of hydrogen-bond donors (Lipinski definition) is 2. The van der Waals surface area contributed by atoms with Crippen molar-refractivity contribution in [3.63, 3.8) is 0 Å². The van der Waals surface area contributed by atoms with Gasteiger partial charge in [0.15, 0.2) is 5.13 Å². The molecule has 0 saturated carbocycles. The van der Waals surface area contributed by atoms with E-state index >= 15 is 0 Å². The summed E-state index contributed by atoms with van der Waals surface area (Å²) in [5.41, 5.74) is 1.22. The van der Waals surface area contributed by atoms with Gasteiger partial charge in [0.2, 0.25) is 5.91 Å². The van der Waals surface area contributed by atoms with Gasteiger partial charge in [0.1, 0.15) is 0 Å². The zero-order valence-electron chi connectivity index (χ0n) is 14.7. The Morgan fingerprint density at radius 3 is 2.61 bits per heavy atom. The van der Waals surface area contributed by atoms with E-state index in [1.54, 1.807) is 5.38 Å². The summed E-state index contributed by atoms with van der Waals surface area (Å²) in [6.07, 6.45) is 1.98. The number of carbonyl (C=O) groups is 1. The second kappa shape index (κ2) is 8.95. The van der Waals surface area contributed by atoms with Crippen LogP contribution in [0.4, 0.5) is 10.8 Å². The summed E-state index contributed by atoms with van der Waals surface area (Å²) in [7, 11) is -3.77. The molecule has 28 heavy (non-hydrogen) atoms. The summed E-state index contributed by atoms with van der Waals surface area (Å²) >= 11 is 8.44. The molecular formula is C18H16ClN3O3S3. The summed E-state index contributed by atoms with van der Waals surface area (Å²) in [6.45, 7) is 0. The van der Waals surface area contributed by atoms with Crippen LogP contribution in [0, 0.1) is 0 Å². The lowest BCUT2D eigenvalue weighted by Crippen LogP contribution is -2.15. The minimum Gasteiger partial charge on any atom is -0.325 e. The molecule has 1 amide bonds. The van der Waals surface area contributed by atoms with Crippen LogP contribution in [-0.4, -0.2) is 25.6 Å². The molecule has 0 spiro atoms. The fourth-order valence-corrected chi connectivity index (χ4v) is 4.97. The van der Waals surface area contributed by atoms with Crippen LogP contribution in [-0.2, 0) is 21.2 Å². The maximum absolute atomic E-state index is 12.4. The smallest absolute Gasteiger partial charge is 0.263 e. The van der Waals surface area contributed by atoms with E-state index in [2.05, 4.69) is 15.0 Å². The normalized spacial score (nSPS) is 11.2. The van der Waals surface area contributed by atoms with Crippen molar-refractivity contribution in [2.45, 2.75) is 16.2 Å². The van der Waals surface area contributed by atoms with Gasteiger partial charge in [-0.15, -0.1) is 23.1 Å². The van der Waals surface area contributed by atoms with E-state index in [4.69, 9.17) is 11.6 Å². The van der Waals surface area contributed by atoms with Crippen molar-refractivity contribution >= 4 is 61.4 Å². The second-order valence-electron chi connectivity index (χ2n) is 5.63. The van der Waals surface area contributed by atoms with Crippen molar-refractivity contribution in [2.24, 2.45) is 0 Å². The molecule has 3 rings (SSSR count). The first-order valence-corrected chi connectivity index (χ1v) is 12.0. The molecule has 0 fully saturated rings. The molecule has 0 aliphatic heterocycles. The highest BCUT2D eigenvalue weighted by atomic mass is 35.5. The molecular weight excluding hydrogens is 438 g/mol. The first kappa shape index (κ1) is 20.7. The molecule has 1 aromatic heterocycles. The topological polar surface area (TPSA) is 88.2 Å². The van der Waals surface area contributed by atoms with Crippen LogP contribution >= 0.6 is 34.7 Å². The molecule has 2 N–H and O–H groups in total. The number of hydrogen-bond acceptors (Lipinski definition) is 6. The van der Waals surface area contributed by atoms with Gasteiger partial charge in [-0.05, 0) is 42.7 Å². The van der Waals surface area contributed by atoms with Crippen LogP contribution in [0.2, 0.25) is 5.02 Å². The zero-order valence-corrected chi connectivity index (χ0v) is 17.9. The van der Waals surface area contributed by atoms with Crippen LogP contribution in [0.25, 0.3) is 0 Å². The van der Waals surface area contributed by atoms with Crippen LogP contribution in [0.5, 0.6) is 0 Å². The Hall–Kier alpha value is -2.07. The van der Waals surface area contributed by atoms with E-state index in [-0.39, 0.29) is 22.4 Å². The number of sulfonamides is 1. The second-order valence-corrected chi connectivity index (χ2v) is 9.45. The standard InChI is InChI=1S/C18H16ClN3O3S3/c1-26-16-5-3-2-4-15(16)21-17(23)10-13-11-27-18(20-13)22-28(24,25)14-8-6-12(19)7-9-14/h2-9,11H,10H2,1H3,(H,20,22)(H,21,23). The number of nitrogens with zero attached hydrogens (tertiary/aromatic N) is 1. The highest BCUT2D eigenvalue weighted by molar-refractivity contribution is 7.98. The molecule has 0 saturated heterocycles. The lowest BCUT2D eigenvalue weighted by Gasteiger charge is -2.08. The lowest BCUT2D eigenvalue weighted by molar-refractivity contribution is -0.115. The van der Waals surface area contributed by atoms with Crippen LogP contribution in [0.3, 0.4) is 0 Å². The minimum absolute atomic E-state index is 0.0435. The molecule has 146 valence electrons. The molecule has 3 aromatic rings. The van der Waals surface area contributed by atoms with Crippen LogP contribution in [0.15, 0.2) is 63.7 Å². The Bertz CT molecular complexity index is 1080. The van der Waals surface area contributed by atoms with Gasteiger partial charge in [-0.25, -0.2) is 13.4 Å². The molecule has 2 aromatic carbocycles. The predicted octanol–water partition coefficient (Wildman–Crippen LogP) is 4.50. The van der Waals surface area contributed by atoms with E-state index in [1.807, 2.05) is 30.5 Å². The van der Waals surface area contributed by atoms with E-state index in [0.717, 1.165) is 21.9 Å². The summed E-state index contributed by atoms with van der Waals surface area (Å²) in [4.78, 5) is 17.5. The van der Waals surface area contributed by atoms with Crippen molar-refractivity contribution in [2.75, 3.05) is 16.3 Å². The number of benzene rings is 2. The van der Waals surface area contributed by atoms with Gasteiger partial charge in [-0.3, -0.25) is 9.52 Å². The molecule has 10 heteroatoms. The Morgan fingerprint density at radius 1 is 1.18 bits per heavy atom. The maximum atomic E-state index is 12.4. The summed E-state index contributed by atoms with van der Waals surface area (Å²) in [6, 6.07) is 13.3. The van der Waals surface area contributed by atoms with Gasteiger partial charge in [-0.2, -0.15) is 0 Å². The minimum atomic E-state index is -3.77. The molecule has 0 radical (unpaired) electrons. The third-order valence-corrected chi connectivity index (χ3v) is 6.96. The number of para-hydroxylation sites is 1. The predicted molar refractivity (Wildman–Crippen MR) is 115 cm³/mol. The van der Waals surface area contributed by atoms with Gasteiger partial charge >= 0.3 is 0 Å². The van der Waals surface area contributed by atoms with Gasteiger partial charge in [0, 0.05) is 15.3 Å². The first-order valence-electron chi connectivity index (χ1n) is 8.03. The van der Waals surface area contributed by atoms with E-state index in [9.17, 15) is 13.2 Å². The molecule has 0 unspecified atom stereocenters. The number of nitrogens with one attached hydrogen (secondary N) is 2. The van der Waals surface area contributed by atoms with E-state index in [1.165, 1.54) is 36.0 Å². The number of aromatic nitrogens is 1. The number of amides is 1. The highest BCUT2D eigenvalue weighted by Gasteiger charge is 2.17. The molecule has 1 heterocycles. The van der Waals surface area contributed by atoms with Gasteiger partial charge in [0.25, 0.3) is 10.0 Å². The SMILES string of the molecule is CSc1ccccc1NC(=O)Cc1csc(NS(=O)(=O)c2ccc(Cl)cc2)n1. The van der Waals surface area contributed by atoms with Crippen LogP contribution < -0.4 is 10.0 Å². The van der Waals surface area contributed by atoms with Crippen molar-refractivity contribution in [3.8, 4) is 0 Å². The molecule has 0 atom stereocenters. The third kappa shape index (κ3) is 5.26. The van der Waals surface area contributed by atoms with Gasteiger partial charge in [-0.1, -0.05) is 23.7 Å². The first-order chi connectivity index (χ1) is 13.4. The number of rotatable bonds is 7. The van der Waals surface area contributed by atoms with Crippen molar-refractivity contribution in [3.05, 3.63) is 64.6 Å². The lowest BCUT2D eigenvalue weighted by atomic mass is 10.3. The Labute approximate surface area is 176 Å². The number of thioether (sulfide) groups is 1. The summed E-state index contributed by atoms with van der Waals surface area (Å²) in [5, 5.41) is 5.15. The van der Waals surface area contributed by atoms with E-state index < -0.39 is 10.0 Å². The summed E-state index contributed by atoms with van der Waals surface area (Å²) in [5.74, 6) is -0.223. The zero-order chi connectivity index (χ0) is 20.1. The van der Waals surface area contributed by atoms with E-state index in [0.29, 0.717) is 10.7 Å². The largest absolute Gasteiger partial charge is 0.325 e. The number of thiazole rings is 1. The Morgan fingerprint density at radius 2 is 1.89 bits per heavy atom. The quantitative estimate of drug-likeness (QED) is 0.514. The number of carbonyl (C=O) groups excluding carboxylic acids is 1. The van der Waals surface area contributed by atoms with Crippen LogP contribution in [0.1, 0.15) is 5.69 Å². The monoisotopic (exact) mass is 453 g/mol. The fraction of sp³-hybridized carbons (Fsp3) is 0.111. The highest BCUT2D eigenvalue weighted by Crippen LogP contribution is 2.25. The molecule has 0 bridgehead atoms. The summed E-state index contributed by atoms with van der Waals surface area (Å²) < 4.78 is 27.2. The van der Waals surface area contributed by atoms with Gasteiger partial charge in [0.05, 0.1) is 22.7 Å². The van der Waals surface area contributed by atoms with Crippen molar-refractivity contribution in [1.82, 2.24) is 4.98 Å². The van der Waals surface area contributed by atoms with Crippen molar-refractivity contribution in [1.29, 1.82) is 0 Å². The average Bonchev–Trinajstić information content (AvgIpc) is 3.08. The number of anilines is 2. The van der Waals surface area contributed by atoms with Gasteiger partial charge < -0.3 is 5.32 Å². The molecule has 0 aliphatic carbocycles. The van der Waals surface area contributed by atoms with Crippen molar-refractivity contribution < 1.29 is 13.2 Å². The molecule has 0 aliphatic rings. The average molecular weight is 454 g/mol. The maximum Gasteiger partial charge on any atom is 0.263 e.